The van der Waals surface area contributed by atoms with Gasteiger partial charge >= 0.3 is 0 Å². The van der Waals surface area contributed by atoms with Gasteiger partial charge in [0.05, 0.1) is 5.57 Å². The van der Waals surface area contributed by atoms with Gasteiger partial charge < -0.3 is 5.32 Å². The fourth-order valence-electron chi connectivity index (χ4n) is 2.30. The minimum Gasteiger partial charge on any atom is -0.322 e. The van der Waals surface area contributed by atoms with Gasteiger partial charge in [-0.3, -0.25) is 9.59 Å². The first-order valence-electron chi connectivity index (χ1n) is 8.22. The van der Waals surface area contributed by atoms with E-state index in [0.29, 0.717) is 5.69 Å². The monoisotopic (exact) mass is 321 g/mol. The minimum absolute atomic E-state index is 0.165. The normalized spacial score (nSPS) is 11.4. The van der Waals surface area contributed by atoms with E-state index in [1.165, 1.54) is 5.56 Å². The first-order chi connectivity index (χ1) is 11.5. The van der Waals surface area contributed by atoms with E-state index in [0.717, 1.165) is 12.0 Å². The van der Waals surface area contributed by atoms with Crippen LogP contribution < -0.4 is 5.32 Å². The number of carbonyl (C=O) groups is 2. The molecule has 2 aromatic carbocycles. The lowest BCUT2D eigenvalue weighted by Gasteiger charge is -2.11. The molecule has 124 valence electrons. The summed E-state index contributed by atoms with van der Waals surface area (Å²) in [6, 6.07) is 17.1. The Morgan fingerprint density at radius 2 is 1.62 bits per heavy atom. The van der Waals surface area contributed by atoms with Crippen molar-refractivity contribution in [3.05, 3.63) is 71.3 Å². The summed E-state index contributed by atoms with van der Waals surface area (Å²) >= 11 is 0. The number of benzene rings is 2. The maximum absolute atomic E-state index is 12.6. The van der Waals surface area contributed by atoms with E-state index < -0.39 is 0 Å². The van der Waals surface area contributed by atoms with Crippen LogP contribution in [0.1, 0.15) is 31.9 Å². The highest BCUT2D eigenvalue weighted by Gasteiger charge is 2.21. The Balaban J connectivity index is 2.27. The van der Waals surface area contributed by atoms with Gasteiger partial charge in [0.25, 0.3) is 5.91 Å². The highest BCUT2D eigenvalue weighted by molar-refractivity contribution is 6.26. The first kappa shape index (κ1) is 17.7. The van der Waals surface area contributed by atoms with Crippen LogP contribution in [-0.2, 0) is 16.0 Å². The van der Waals surface area contributed by atoms with Gasteiger partial charge in [-0.1, -0.05) is 63.2 Å². The predicted octanol–water partition coefficient (Wildman–Crippen LogP) is 4.50. The molecule has 0 radical (unpaired) electrons. The van der Waals surface area contributed by atoms with Gasteiger partial charge in [-0.25, -0.2) is 0 Å². The maximum atomic E-state index is 12.6. The Morgan fingerprint density at radius 3 is 2.17 bits per heavy atom. The smallest absolute Gasteiger partial charge is 0.259 e. The van der Waals surface area contributed by atoms with Crippen LogP contribution in [-0.4, -0.2) is 11.7 Å². The molecule has 0 saturated carbocycles. The Bertz CT molecular complexity index is 728. The lowest BCUT2D eigenvalue weighted by Crippen LogP contribution is -2.23. The average Bonchev–Trinajstić information content (AvgIpc) is 2.60. The molecule has 2 aromatic rings. The van der Waals surface area contributed by atoms with E-state index in [-0.39, 0.29) is 23.2 Å². The maximum Gasteiger partial charge on any atom is 0.259 e. The number of anilines is 1. The van der Waals surface area contributed by atoms with Gasteiger partial charge in [-0.15, -0.1) is 0 Å². The van der Waals surface area contributed by atoms with Crippen LogP contribution in [0.5, 0.6) is 0 Å². The lowest BCUT2D eigenvalue weighted by molar-refractivity contribution is -0.121. The van der Waals surface area contributed by atoms with Crippen LogP contribution in [0.3, 0.4) is 0 Å². The molecule has 0 bridgehead atoms. The largest absolute Gasteiger partial charge is 0.322 e. The summed E-state index contributed by atoms with van der Waals surface area (Å²) in [5, 5.41) is 2.82. The Labute approximate surface area is 143 Å². The van der Waals surface area contributed by atoms with Crippen molar-refractivity contribution in [3.8, 4) is 0 Å². The standard InChI is InChI=1S/C21H23NO2/c1-4-16-10-12-18(13-11-16)22-21(24)19(20(23)15(2)3)14-17-8-6-5-7-9-17/h5-15H,4H2,1-3H3,(H,22,24)/b19-14+. The van der Waals surface area contributed by atoms with Crippen LogP contribution in [0.15, 0.2) is 60.2 Å². The topological polar surface area (TPSA) is 46.2 Å². The van der Waals surface area contributed by atoms with Gasteiger partial charge in [0.15, 0.2) is 5.78 Å². The third-order valence-corrected chi connectivity index (χ3v) is 3.77. The summed E-state index contributed by atoms with van der Waals surface area (Å²) < 4.78 is 0. The van der Waals surface area contributed by atoms with Crippen molar-refractivity contribution in [2.24, 2.45) is 5.92 Å². The number of aryl methyl sites for hydroxylation is 1. The summed E-state index contributed by atoms with van der Waals surface area (Å²) in [7, 11) is 0. The Kier molecular flexibility index (Phi) is 6.07. The number of carbonyl (C=O) groups excluding carboxylic acids is 2. The number of hydrogen-bond acceptors (Lipinski definition) is 2. The van der Waals surface area contributed by atoms with Gasteiger partial charge in [0, 0.05) is 11.6 Å². The second kappa shape index (κ2) is 8.25. The van der Waals surface area contributed by atoms with Crippen LogP contribution in [0, 0.1) is 5.92 Å². The molecule has 0 atom stereocenters. The zero-order valence-corrected chi connectivity index (χ0v) is 14.4. The van der Waals surface area contributed by atoms with E-state index in [2.05, 4.69) is 12.2 Å². The summed E-state index contributed by atoms with van der Waals surface area (Å²) in [5.74, 6) is -0.781. The van der Waals surface area contributed by atoms with Crippen molar-refractivity contribution in [1.29, 1.82) is 0 Å². The number of nitrogens with one attached hydrogen (secondary N) is 1. The first-order valence-corrected chi connectivity index (χ1v) is 8.22. The summed E-state index contributed by atoms with van der Waals surface area (Å²) in [6.45, 7) is 5.67. The number of Topliss-reactive ketones (excluding diaryl/α,β-unsaturated/α-hetero) is 1. The van der Waals surface area contributed by atoms with Crippen LogP contribution in [0.25, 0.3) is 6.08 Å². The molecule has 0 spiro atoms. The molecular formula is C21H23NO2. The predicted molar refractivity (Wildman–Crippen MR) is 98.7 cm³/mol. The molecule has 0 aromatic heterocycles. The fraction of sp³-hybridized carbons (Fsp3) is 0.238. The van der Waals surface area contributed by atoms with E-state index in [1.807, 2.05) is 54.6 Å². The van der Waals surface area contributed by atoms with Crippen molar-refractivity contribution in [1.82, 2.24) is 0 Å². The number of amides is 1. The van der Waals surface area contributed by atoms with Crippen molar-refractivity contribution in [2.75, 3.05) is 5.32 Å². The molecular weight excluding hydrogens is 298 g/mol. The van der Waals surface area contributed by atoms with E-state index in [9.17, 15) is 9.59 Å². The molecule has 0 aliphatic rings. The Morgan fingerprint density at radius 1 is 1.00 bits per heavy atom. The molecule has 0 unspecified atom stereocenters. The van der Waals surface area contributed by atoms with E-state index >= 15 is 0 Å². The SMILES string of the molecule is CCc1ccc(NC(=O)/C(=C/c2ccccc2)C(=O)C(C)C)cc1. The van der Waals surface area contributed by atoms with Crippen molar-refractivity contribution >= 4 is 23.5 Å². The molecule has 3 nitrogen and oxygen atoms in total. The second-order valence-corrected chi connectivity index (χ2v) is 5.99. The molecule has 24 heavy (non-hydrogen) atoms. The zero-order valence-electron chi connectivity index (χ0n) is 14.4. The molecule has 0 heterocycles. The van der Waals surface area contributed by atoms with Crippen molar-refractivity contribution in [2.45, 2.75) is 27.2 Å². The van der Waals surface area contributed by atoms with Gasteiger partial charge in [0.1, 0.15) is 0 Å². The molecule has 2 rings (SSSR count). The molecule has 1 N–H and O–H groups in total. The fourth-order valence-corrected chi connectivity index (χ4v) is 2.30. The quantitative estimate of drug-likeness (QED) is 0.484. The number of ketones is 1. The molecule has 0 saturated heterocycles. The third kappa shape index (κ3) is 4.66. The zero-order chi connectivity index (χ0) is 17.5. The second-order valence-electron chi connectivity index (χ2n) is 5.99. The van der Waals surface area contributed by atoms with Crippen molar-refractivity contribution < 1.29 is 9.59 Å². The number of rotatable bonds is 6. The number of hydrogen-bond donors (Lipinski definition) is 1. The molecule has 0 aliphatic heterocycles. The average molecular weight is 321 g/mol. The van der Waals surface area contributed by atoms with Crippen LogP contribution in [0.4, 0.5) is 5.69 Å². The highest BCUT2D eigenvalue weighted by atomic mass is 16.2. The molecule has 1 amide bonds. The molecule has 0 fully saturated rings. The van der Waals surface area contributed by atoms with E-state index in [4.69, 9.17) is 0 Å². The van der Waals surface area contributed by atoms with Gasteiger partial charge in [0.2, 0.25) is 0 Å². The Hall–Kier alpha value is -2.68. The van der Waals surface area contributed by atoms with Gasteiger partial charge in [-0.2, -0.15) is 0 Å². The highest BCUT2D eigenvalue weighted by Crippen LogP contribution is 2.16. The molecule has 3 heteroatoms. The molecule has 0 aliphatic carbocycles. The minimum atomic E-state index is -0.373. The van der Waals surface area contributed by atoms with Crippen LogP contribution >= 0.6 is 0 Å². The third-order valence-electron chi connectivity index (χ3n) is 3.77. The summed E-state index contributed by atoms with van der Waals surface area (Å²) in [4.78, 5) is 25.1. The lowest BCUT2D eigenvalue weighted by atomic mass is 9.98. The van der Waals surface area contributed by atoms with Crippen molar-refractivity contribution in [3.63, 3.8) is 0 Å². The van der Waals surface area contributed by atoms with Crippen LogP contribution in [0.2, 0.25) is 0 Å². The van der Waals surface area contributed by atoms with E-state index in [1.54, 1.807) is 19.9 Å². The summed E-state index contributed by atoms with van der Waals surface area (Å²) in [6.07, 6.45) is 2.59. The van der Waals surface area contributed by atoms with Gasteiger partial charge in [-0.05, 0) is 35.8 Å². The summed E-state index contributed by atoms with van der Waals surface area (Å²) in [5.41, 5.74) is 2.90.